The summed E-state index contributed by atoms with van der Waals surface area (Å²) in [5, 5.41) is 4.19. The van der Waals surface area contributed by atoms with Gasteiger partial charge in [0.2, 0.25) is 0 Å². The third kappa shape index (κ3) is 3.85. The highest BCUT2D eigenvalue weighted by molar-refractivity contribution is 7.99. The van der Waals surface area contributed by atoms with Crippen LogP contribution in [0.4, 0.5) is 0 Å². The molecule has 0 saturated heterocycles. The fraction of sp³-hybridized carbons (Fsp3) is 0.400. The molecule has 2 aromatic rings. The van der Waals surface area contributed by atoms with Crippen molar-refractivity contribution in [1.29, 1.82) is 0 Å². The quantitative estimate of drug-likeness (QED) is 0.911. The van der Waals surface area contributed by atoms with Crippen molar-refractivity contribution in [3.8, 4) is 0 Å². The van der Waals surface area contributed by atoms with Crippen LogP contribution in [0, 0.1) is 6.92 Å². The third-order valence-electron chi connectivity index (χ3n) is 3.17. The molecule has 2 rings (SSSR count). The lowest BCUT2D eigenvalue weighted by atomic mass is 10.0. The van der Waals surface area contributed by atoms with Gasteiger partial charge in [0, 0.05) is 24.2 Å². The summed E-state index contributed by atoms with van der Waals surface area (Å²) in [6.07, 6.45) is 5.90. The van der Waals surface area contributed by atoms with Gasteiger partial charge in [0.15, 0.2) is 0 Å². The van der Waals surface area contributed by atoms with Crippen LogP contribution in [0.25, 0.3) is 0 Å². The van der Waals surface area contributed by atoms with Gasteiger partial charge in [0.1, 0.15) is 0 Å². The molecule has 1 aromatic carbocycles. The van der Waals surface area contributed by atoms with Crippen LogP contribution in [0.5, 0.6) is 0 Å². The molecule has 0 saturated carbocycles. The van der Waals surface area contributed by atoms with E-state index >= 15 is 0 Å². The first-order chi connectivity index (χ1) is 9.08. The van der Waals surface area contributed by atoms with E-state index in [0.717, 1.165) is 12.8 Å². The molecule has 102 valence electrons. The molecule has 0 aliphatic rings. The van der Waals surface area contributed by atoms with Gasteiger partial charge < -0.3 is 5.73 Å². The van der Waals surface area contributed by atoms with E-state index < -0.39 is 0 Å². The van der Waals surface area contributed by atoms with Gasteiger partial charge >= 0.3 is 0 Å². The Morgan fingerprint density at radius 1 is 1.42 bits per heavy atom. The largest absolute Gasteiger partial charge is 0.327 e. The summed E-state index contributed by atoms with van der Waals surface area (Å²) in [4.78, 5) is 2.45. The fourth-order valence-corrected chi connectivity index (χ4v) is 2.89. The average Bonchev–Trinajstić information content (AvgIpc) is 2.78. The highest BCUT2D eigenvalue weighted by Crippen LogP contribution is 2.30. The normalized spacial score (nSPS) is 12.6. The predicted molar refractivity (Wildman–Crippen MR) is 80.5 cm³/mol. The summed E-state index contributed by atoms with van der Waals surface area (Å²) in [5.41, 5.74) is 8.63. The van der Waals surface area contributed by atoms with E-state index in [9.17, 15) is 0 Å². The highest BCUT2D eigenvalue weighted by atomic mass is 32.2. The predicted octanol–water partition coefficient (Wildman–Crippen LogP) is 3.16. The van der Waals surface area contributed by atoms with Crippen molar-refractivity contribution in [1.82, 2.24) is 9.78 Å². The lowest BCUT2D eigenvalue weighted by Gasteiger charge is -2.11. The number of hydrogen-bond acceptors (Lipinski definition) is 3. The maximum absolute atomic E-state index is 6.00. The second kappa shape index (κ2) is 6.26. The third-order valence-corrected chi connectivity index (χ3v) is 4.30. The van der Waals surface area contributed by atoms with Gasteiger partial charge in [0.05, 0.1) is 11.1 Å². The Hall–Kier alpha value is -1.26. The lowest BCUT2D eigenvalue weighted by molar-refractivity contribution is 0.646. The van der Waals surface area contributed by atoms with Crippen molar-refractivity contribution in [2.75, 3.05) is 0 Å². The maximum Gasteiger partial charge on any atom is 0.0629 e. The number of aromatic nitrogens is 2. The van der Waals surface area contributed by atoms with Crippen molar-refractivity contribution in [2.45, 2.75) is 42.5 Å². The number of nitrogens with zero attached hydrogens (tertiary/aromatic N) is 2. The smallest absolute Gasteiger partial charge is 0.0629 e. The summed E-state index contributed by atoms with van der Waals surface area (Å²) in [6.45, 7) is 4.28. The molecule has 0 amide bonds. The number of rotatable bonds is 5. The Morgan fingerprint density at radius 3 is 2.79 bits per heavy atom. The zero-order valence-electron chi connectivity index (χ0n) is 11.8. The van der Waals surface area contributed by atoms with Gasteiger partial charge in [0.25, 0.3) is 0 Å². The van der Waals surface area contributed by atoms with Gasteiger partial charge in [-0.2, -0.15) is 5.10 Å². The molecule has 0 aliphatic carbocycles. The Morgan fingerprint density at radius 2 is 2.21 bits per heavy atom. The number of hydrogen-bond donors (Lipinski definition) is 1. The molecule has 19 heavy (non-hydrogen) atoms. The Balaban J connectivity index is 2.10. The standard InChI is InChI=1S/C15H21N3S/c1-4-13(16)8-12-5-6-15(11(2)7-12)19-14-9-17-18(3)10-14/h5-7,9-10,13H,4,8,16H2,1-3H3. The van der Waals surface area contributed by atoms with Gasteiger partial charge in [-0.1, -0.05) is 30.8 Å². The summed E-state index contributed by atoms with van der Waals surface area (Å²) in [6, 6.07) is 6.87. The molecule has 0 aliphatic heterocycles. The molecule has 0 spiro atoms. The highest BCUT2D eigenvalue weighted by Gasteiger charge is 2.06. The molecule has 1 heterocycles. The van der Waals surface area contributed by atoms with Crippen LogP contribution in [0.1, 0.15) is 24.5 Å². The van der Waals surface area contributed by atoms with Crippen LogP contribution in [-0.4, -0.2) is 15.8 Å². The zero-order chi connectivity index (χ0) is 13.8. The van der Waals surface area contributed by atoms with E-state index in [2.05, 4.69) is 37.1 Å². The van der Waals surface area contributed by atoms with Gasteiger partial charge in [-0.05, 0) is 37.0 Å². The SMILES string of the molecule is CCC(N)Cc1ccc(Sc2cnn(C)c2)c(C)c1. The lowest BCUT2D eigenvalue weighted by Crippen LogP contribution is -2.21. The molecular weight excluding hydrogens is 254 g/mol. The van der Waals surface area contributed by atoms with E-state index in [1.807, 2.05) is 24.1 Å². The van der Waals surface area contributed by atoms with Crippen LogP contribution in [0.3, 0.4) is 0 Å². The topological polar surface area (TPSA) is 43.8 Å². The van der Waals surface area contributed by atoms with Crippen LogP contribution in [0.15, 0.2) is 40.4 Å². The van der Waals surface area contributed by atoms with Crippen molar-refractivity contribution in [3.63, 3.8) is 0 Å². The van der Waals surface area contributed by atoms with Gasteiger partial charge in [-0.3, -0.25) is 4.68 Å². The molecule has 4 heteroatoms. The van der Waals surface area contributed by atoms with E-state index in [1.165, 1.54) is 20.9 Å². The summed E-state index contributed by atoms with van der Waals surface area (Å²) in [7, 11) is 1.94. The van der Waals surface area contributed by atoms with Crippen molar-refractivity contribution in [2.24, 2.45) is 12.8 Å². The first kappa shape index (κ1) is 14.2. The minimum atomic E-state index is 0.260. The Labute approximate surface area is 119 Å². The van der Waals surface area contributed by atoms with E-state index in [1.54, 1.807) is 11.8 Å². The number of benzene rings is 1. The fourth-order valence-electron chi connectivity index (χ4n) is 1.98. The minimum absolute atomic E-state index is 0.260. The van der Waals surface area contributed by atoms with Crippen molar-refractivity contribution in [3.05, 3.63) is 41.7 Å². The summed E-state index contributed by atoms with van der Waals surface area (Å²) in [5.74, 6) is 0. The minimum Gasteiger partial charge on any atom is -0.327 e. The molecule has 1 atom stereocenters. The van der Waals surface area contributed by atoms with Crippen LogP contribution < -0.4 is 5.73 Å². The first-order valence-electron chi connectivity index (χ1n) is 6.60. The average molecular weight is 275 g/mol. The van der Waals surface area contributed by atoms with Crippen molar-refractivity contribution < 1.29 is 0 Å². The summed E-state index contributed by atoms with van der Waals surface area (Å²) < 4.78 is 1.83. The molecule has 0 fully saturated rings. The van der Waals surface area contributed by atoms with Crippen LogP contribution in [0.2, 0.25) is 0 Å². The number of nitrogens with two attached hydrogens (primary N) is 1. The van der Waals surface area contributed by atoms with E-state index in [4.69, 9.17) is 5.73 Å². The zero-order valence-corrected chi connectivity index (χ0v) is 12.6. The molecular formula is C15H21N3S. The summed E-state index contributed by atoms with van der Waals surface area (Å²) >= 11 is 1.75. The Kier molecular flexibility index (Phi) is 4.66. The molecule has 1 unspecified atom stereocenters. The first-order valence-corrected chi connectivity index (χ1v) is 7.41. The maximum atomic E-state index is 6.00. The van der Waals surface area contributed by atoms with Gasteiger partial charge in [-0.15, -0.1) is 0 Å². The van der Waals surface area contributed by atoms with Crippen molar-refractivity contribution >= 4 is 11.8 Å². The second-order valence-corrected chi connectivity index (χ2v) is 6.04. The molecule has 1 aromatic heterocycles. The van der Waals surface area contributed by atoms with Crippen LogP contribution in [-0.2, 0) is 13.5 Å². The molecule has 0 bridgehead atoms. The van der Waals surface area contributed by atoms with Gasteiger partial charge in [-0.25, -0.2) is 0 Å². The van der Waals surface area contributed by atoms with E-state index in [0.29, 0.717) is 0 Å². The number of aryl methyl sites for hydroxylation is 2. The van der Waals surface area contributed by atoms with E-state index in [-0.39, 0.29) is 6.04 Å². The molecule has 2 N–H and O–H groups in total. The molecule has 3 nitrogen and oxygen atoms in total. The van der Waals surface area contributed by atoms with Crippen LogP contribution >= 0.6 is 11.8 Å². The monoisotopic (exact) mass is 275 g/mol. The molecule has 0 radical (unpaired) electrons. The second-order valence-electron chi connectivity index (χ2n) is 4.92. The Bertz CT molecular complexity index is 548.